The van der Waals surface area contributed by atoms with Crippen LogP contribution in [0, 0.1) is 0 Å². The van der Waals surface area contributed by atoms with E-state index in [2.05, 4.69) is 20.6 Å². The molecule has 3 rings (SSSR count). The lowest BCUT2D eigenvalue weighted by molar-refractivity contribution is 0.102. The highest BCUT2D eigenvalue weighted by molar-refractivity contribution is 6.31. The number of carbonyl (C=O) groups is 1. The van der Waals surface area contributed by atoms with Crippen molar-refractivity contribution in [3.8, 4) is 5.75 Å². The van der Waals surface area contributed by atoms with Gasteiger partial charge in [0.15, 0.2) is 0 Å². The van der Waals surface area contributed by atoms with Crippen LogP contribution in [0.3, 0.4) is 0 Å². The Morgan fingerprint density at radius 2 is 1.82 bits per heavy atom. The molecule has 2 aromatic carbocycles. The molecule has 0 aliphatic heterocycles. The minimum Gasteiger partial charge on any atom is -0.495 e. The number of anilines is 4. The van der Waals surface area contributed by atoms with E-state index in [9.17, 15) is 4.79 Å². The van der Waals surface area contributed by atoms with Crippen LogP contribution in [0.1, 0.15) is 10.5 Å². The maximum absolute atomic E-state index is 12.6. The molecule has 0 saturated heterocycles. The number of benzene rings is 2. The maximum atomic E-state index is 12.6. The number of amides is 1. The molecular formula is C20H20ClN5O2. The van der Waals surface area contributed by atoms with Crippen molar-refractivity contribution in [3.05, 3.63) is 65.6 Å². The van der Waals surface area contributed by atoms with Gasteiger partial charge in [0.25, 0.3) is 5.91 Å². The number of hydrogen-bond donors (Lipinski definition) is 2. The van der Waals surface area contributed by atoms with E-state index in [4.69, 9.17) is 16.3 Å². The van der Waals surface area contributed by atoms with Crippen molar-refractivity contribution in [2.45, 2.75) is 0 Å². The number of hydrogen-bond acceptors (Lipinski definition) is 6. The SMILES string of the molecule is COc1ccc(Cl)cc1NC(=O)c1cc(Nc2ccc(N(C)C)cc2)ncn1. The van der Waals surface area contributed by atoms with Gasteiger partial charge in [0, 0.05) is 36.6 Å². The summed E-state index contributed by atoms with van der Waals surface area (Å²) in [5.74, 6) is 0.621. The highest BCUT2D eigenvalue weighted by atomic mass is 35.5. The first kappa shape index (κ1) is 19.4. The lowest BCUT2D eigenvalue weighted by atomic mass is 10.2. The van der Waals surface area contributed by atoms with Crippen LogP contribution in [0.4, 0.5) is 22.9 Å². The minimum atomic E-state index is -0.394. The normalized spacial score (nSPS) is 10.3. The number of carbonyl (C=O) groups excluding carboxylic acids is 1. The maximum Gasteiger partial charge on any atom is 0.274 e. The molecule has 0 aliphatic rings. The number of aromatic nitrogens is 2. The molecule has 1 amide bonds. The second kappa shape index (κ2) is 8.58. The van der Waals surface area contributed by atoms with E-state index in [0.717, 1.165) is 11.4 Å². The molecule has 7 nitrogen and oxygen atoms in total. The zero-order chi connectivity index (χ0) is 20.1. The van der Waals surface area contributed by atoms with Crippen molar-refractivity contribution in [1.82, 2.24) is 9.97 Å². The molecule has 0 bridgehead atoms. The third kappa shape index (κ3) is 4.69. The summed E-state index contributed by atoms with van der Waals surface area (Å²) in [5.41, 5.74) is 2.62. The fourth-order valence-corrected chi connectivity index (χ4v) is 2.68. The molecule has 0 saturated carbocycles. The quantitative estimate of drug-likeness (QED) is 0.649. The third-order valence-corrected chi connectivity index (χ3v) is 4.20. The number of nitrogens with one attached hydrogen (secondary N) is 2. The summed E-state index contributed by atoms with van der Waals surface area (Å²) < 4.78 is 5.24. The van der Waals surface area contributed by atoms with Crippen LogP contribution in [0.5, 0.6) is 5.75 Å². The van der Waals surface area contributed by atoms with E-state index in [0.29, 0.717) is 22.3 Å². The molecule has 8 heteroatoms. The standard InChI is InChI=1S/C20H20ClN5O2/c1-26(2)15-7-5-14(6-8-15)24-19-11-17(22-12-23-19)20(27)25-16-10-13(21)4-9-18(16)28-3/h4-12H,1-3H3,(H,25,27)(H,22,23,24). The predicted octanol–water partition coefficient (Wildman–Crippen LogP) is 4.20. The van der Waals surface area contributed by atoms with E-state index in [1.807, 2.05) is 43.3 Å². The fraction of sp³-hybridized carbons (Fsp3) is 0.150. The third-order valence-electron chi connectivity index (χ3n) is 3.97. The first-order valence-electron chi connectivity index (χ1n) is 8.47. The van der Waals surface area contributed by atoms with Crippen LogP contribution in [-0.2, 0) is 0 Å². The molecule has 2 N–H and O–H groups in total. The zero-order valence-corrected chi connectivity index (χ0v) is 16.5. The van der Waals surface area contributed by atoms with Gasteiger partial charge < -0.3 is 20.3 Å². The second-order valence-electron chi connectivity index (χ2n) is 6.15. The number of ether oxygens (including phenoxy) is 1. The van der Waals surface area contributed by atoms with Gasteiger partial charge >= 0.3 is 0 Å². The average molecular weight is 398 g/mol. The lowest BCUT2D eigenvalue weighted by Crippen LogP contribution is -2.15. The summed E-state index contributed by atoms with van der Waals surface area (Å²) in [6, 6.07) is 14.4. The average Bonchev–Trinajstić information content (AvgIpc) is 2.69. The van der Waals surface area contributed by atoms with E-state index < -0.39 is 5.91 Å². The zero-order valence-electron chi connectivity index (χ0n) is 15.7. The van der Waals surface area contributed by atoms with Crippen molar-refractivity contribution in [2.24, 2.45) is 0 Å². The van der Waals surface area contributed by atoms with Crippen LogP contribution < -0.4 is 20.3 Å². The van der Waals surface area contributed by atoms with E-state index in [-0.39, 0.29) is 5.69 Å². The predicted molar refractivity (Wildman–Crippen MR) is 112 cm³/mol. The molecule has 3 aromatic rings. The monoisotopic (exact) mass is 397 g/mol. The Kier molecular flexibility index (Phi) is 5.96. The second-order valence-corrected chi connectivity index (χ2v) is 6.59. The first-order chi connectivity index (χ1) is 13.5. The smallest absolute Gasteiger partial charge is 0.274 e. The molecule has 1 heterocycles. The highest BCUT2D eigenvalue weighted by Crippen LogP contribution is 2.28. The highest BCUT2D eigenvalue weighted by Gasteiger charge is 2.13. The van der Waals surface area contributed by atoms with Gasteiger partial charge in [-0.25, -0.2) is 9.97 Å². The van der Waals surface area contributed by atoms with Gasteiger partial charge in [0.1, 0.15) is 23.6 Å². The number of rotatable bonds is 6. The van der Waals surface area contributed by atoms with E-state index >= 15 is 0 Å². The van der Waals surface area contributed by atoms with Crippen molar-refractivity contribution >= 4 is 40.4 Å². The minimum absolute atomic E-state index is 0.212. The fourth-order valence-electron chi connectivity index (χ4n) is 2.50. The molecule has 0 spiro atoms. The number of methoxy groups -OCH3 is 1. The molecule has 0 fully saturated rings. The molecule has 0 atom stereocenters. The largest absolute Gasteiger partial charge is 0.495 e. The summed E-state index contributed by atoms with van der Waals surface area (Å²) >= 11 is 6.00. The molecular weight excluding hydrogens is 378 g/mol. The van der Waals surface area contributed by atoms with Gasteiger partial charge in [-0.15, -0.1) is 0 Å². The van der Waals surface area contributed by atoms with Crippen LogP contribution >= 0.6 is 11.6 Å². The van der Waals surface area contributed by atoms with Crippen LogP contribution in [0.2, 0.25) is 5.02 Å². The Labute approximate surface area is 168 Å². The van der Waals surface area contributed by atoms with Crippen LogP contribution in [0.25, 0.3) is 0 Å². The van der Waals surface area contributed by atoms with Crippen molar-refractivity contribution in [1.29, 1.82) is 0 Å². The number of nitrogens with zero attached hydrogens (tertiary/aromatic N) is 3. The van der Waals surface area contributed by atoms with Gasteiger partial charge in [-0.05, 0) is 42.5 Å². The Balaban J connectivity index is 1.75. The molecule has 144 valence electrons. The summed E-state index contributed by atoms with van der Waals surface area (Å²) in [7, 11) is 5.48. The van der Waals surface area contributed by atoms with E-state index in [1.54, 1.807) is 24.3 Å². The number of halogens is 1. The molecule has 1 aromatic heterocycles. The van der Waals surface area contributed by atoms with Gasteiger partial charge in [-0.3, -0.25) is 4.79 Å². The summed E-state index contributed by atoms with van der Waals surface area (Å²) in [6.07, 6.45) is 1.33. The van der Waals surface area contributed by atoms with E-state index in [1.165, 1.54) is 13.4 Å². The Hall–Kier alpha value is -3.32. The van der Waals surface area contributed by atoms with Gasteiger partial charge in [0.05, 0.1) is 12.8 Å². The van der Waals surface area contributed by atoms with Gasteiger partial charge in [-0.1, -0.05) is 11.6 Å². The van der Waals surface area contributed by atoms with Crippen LogP contribution in [0.15, 0.2) is 54.9 Å². The first-order valence-corrected chi connectivity index (χ1v) is 8.85. The molecule has 0 unspecified atom stereocenters. The summed E-state index contributed by atoms with van der Waals surface area (Å²) in [5, 5.41) is 6.41. The Morgan fingerprint density at radius 3 is 2.50 bits per heavy atom. The summed E-state index contributed by atoms with van der Waals surface area (Å²) in [6.45, 7) is 0. The molecule has 0 aliphatic carbocycles. The molecule has 0 radical (unpaired) electrons. The summed E-state index contributed by atoms with van der Waals surface area (Å²) in [4.78, 5) is 22.8. The van der Waals surface area contributed by atoms with Gasteiger partial charge in [-0.2, -0.15) is 0 Å². The van der Waals surface area contributed by atoms with Crippen LogP contribution in [-0.4, -0.2) is 37.1 Å². The lowest BCUT2D eigenvalue weighted by Gasteiger charge is -2.13. The van der Waals surface area contributed by atoms with Crippen molar-refractivity contribution in [2.75, 3.05) is 36.7 Å². The van der Waals surface area contributed by atoms with Crippen molar-refractivity contribution in [3.63, 3.8) is 0 Å². The van der Waals surface area contributed by atoms with Crippen molar-refractivity contribution < 1.29 is 9.53 Å². The Bertz CT molecular complexity index is 977. The van der Waals surface area contributed by atoms with Gasteiger partial charge in [0.2, 0.25) is 0 Å². The topological polar surface area (TPSA) is 79.4 Å². The Morgan fingerprint density at radius 1 is 1.07 bits per heavy atom. The molecule has 28 heavy (non-hydrogen) atoms.